The molecule has 0 fully saturated rings. The predicted molar refractivity (Wildman–Crippen MR) is 92.6 cm³/mol. The van der Waals surface area contributed by atoms with Gasteiger partial charge in [-0.15, -0.1) is 0 Å². The third kappa shape index (κ3) is 3.07. The lowest BCUT2D eigenvalue weighted by Crippen LogP contribution is -2.24. The smallest absolute Gasteiger partial charge is 0.224 e. The van der Waals surface area contributed by atoms with E-state index < -0.39 is 0 Å². The summed E-state index contributed by atoms with van der Waals surface area (Å²) in [5.74, 6) is 0.0344. The van der Waals surface area contributed by atoms with Gasteiger partial charge in [0.15, 0.2) is 0 Å². The summed E-state index contributed by atoms with van der Waals surface area (Å²) >= 11 is 3.49. The summed E-state index contributed by atoms with van der Waals surface area (Å²) in [4.78, 5) is 12.2. The molecule has 0 aliphatic heterocycles. The Morgan fingerprint density at radius 2 is 1.82 bits per heavy atom. The zero-order valence-electron chi connectivity index (χ0n) is 12.3. The Labute approximate surface area is 138 Å². The van der Waals surface area contributed by atoms with Crippen LogP contribution in [0.25, 0.3) is 10.9 Å². The minimum Gasteiger partial charge on any atom is -0.352 e. The third-order valence-electron chi connectivity index (χ3n) is 3.76. The first-order chi connectivity index (χ1) is 10.6. The summed E-state index contributed by atoms with van der Waals surface area (Å²) < 4.78 is 3.08. The number of aryl methyl sites for hydroxylation is 1. The molecule has 0 aliphatic carbocycles. The number of halogens is 1. The van der Waals surface area contributed by atoms with Gasteiger partial charge >= 0.3 is 0 Å². The van der Waals surface area contributed by atoms with Crippen molar-refractivity contribution in [1.82, 2.24) is 9.88 Å². The lowest BCUT2D eigenvalue weighted by Gasteiger charge is -2.06. The highest BCUT2D eigenvalue weighted by Gasteiger charge is 2.10. The number of fused-ring (bicyclic) bond motifs is 1. The van der Waals surface area contributed by atoms with E-state index in [0.29, 0.717) is 13.0 Å². The maximum atomic E-state index is 12.2. The lowest BCUT2D eigenvalue weighted by atomic mass is 10.1. The zero-order chi connectivity index (χ0) is 15.5. The SMILES string of the molecule is Cn1cc(CC(=O)NCc2ccccc2Br)c2ccccc21. The van der Waals surface area contributed by atoms with E-state index in [1.54, 1.807) is 0 Å². The van der Waals surface area contributed by atoms with Crippen LogP contribution in [0.2, 0.25) is 0 Å². The second kappa shape index (κ2) is 6.36. The van der Waals surface area contributed by atoms with E-state index >= 15 is 0 Å². The van der Waals surface area contributed by atoms with Crippen LogP contribution in [0, 0.1) is 0 Å². The molecule has 3 aromatic rings. The molecule has 1 heterocycles. The fourth-order valence-electron chi connectivity index (χ4n) is 2.64. The summed E-state index contributed by atoms with van der Waals surface area (Å²) in [5, 5.41) is 4.12. The van der Waals surface area contributed by atoms with Crippen LogP contribution in [0.3, 0.4) is 0 Å². The van der Waals surface area contributed by atoms with Crippen molar-refractivity contribution in [3.8, 4) is 0 Å². The molecule has 3 nitrogen and oxygen atoms in total. The van der Waals surface area contributed by atoms with Gasteiger partial charge in [0.25, 0.3) is 0 Å². The molecule has 3 rings (SSSR count). The number of carbonyl (C=O) groups is 1. The zero-order valence-corrected chi connectivity index (χ0v) is 13.9. The van der Waals surface area contributed by atoms with Gasteiger partial charge in [0.1, 0.15) is 0 Å². The number of hydrogen-bond acceptors (Lipinski definition) is 1. The van der Waals surface area contributed by atoms with Crippen molar-refractivity contribution in [2.45, 2.75) is 13.0 Å². The number of carbonyl (C=O) groups excluding carboxylic acids is 1. The van der Waals surface area contributed by atoms with Gasteiger partial charge in [0.2, 0.25) is 5.91 Å². The molecule has 0 spiro atoms. The summed E-state index contributed by atoms with van der Waals surface area (Å²) in [5.41, 5.74) is 3.28. The van der Waals surface area contributed by atoms with Gasteiger partial charge in [-0.3, -0.25) is 4.79 Å². The molecule has 1 N–H and O–H groups in total. The molecule has 1 amide bonds. The van der Waals surface area contributed by atoms with E-state index in [1.165, 1.54) is 0 Å². The second-order valence-electron chi connectivity index (χ2n) is 5.33. The van der Waals surface area contributed by atoms with Crippen molar-refractivity contribution in [3.63, 3.8) is 0 Å². The highest BCUT2D eigenvalue weighted by Crippen LogP contribution is 2.21. The molecule has 2 aromatic carbocycles. The Hall–Kier alpha value is -2.07. The van der Waals surface area contributed by atoms with Gasteiger partial charge in [0, 0.05) is 35.2 Å². The summed E-state index contributed by atoms with van der Waals surface area (Å²) in [6.07, 6.45) is 2.43. The first-order valence-corrected chi connectivity index (χ1v) is 7.97. The number of benzene rings is 2. The molecule has 0 radical (unpaired) electrons. The van der Waals surface area contributed by atoms with Crippen LogP contribution in [0.1, 0.15) is 11.1 Å². The molecule has 0 unspecified atom stereocenters. The minimum absolute atomic E-state index is 0.0344. The Kier molecular flexibility index (Phi) is 4.29. The summed E-state index contributed by atoms with van der Waals surface area (Å²) in [6.45, 7) is 0.533. The number of para-hydroxylation sites is 1. The van der Waals surface area contributed by atoms with Crippen molar-refractivity contribution in [2.75, 3.05) is 0 Å². The Bertz CT molecular complexity index is 823. The molecule has 0 saturated heterocycles. The molecule has 4 heteroatoms. The average Bonchev–Trinajstić information content (AvgIpc) is 2.83. The molecule has 22 heavy (non-hydrogen) atoms. The highest BCUT2D eigenvalue weighted by molar-refractivity contribution is 9.10. The van der Waals surface area contributed by atoms with E-state index in [-0.39, 0.29) is 5.91 Å². The summed E-state index contributed by atoms with van der Waals surface area (Å²) in [7, 11) is 2.00. The monoisotopic (exact) mass is 356 g/mol. The molecule has 0 atom stereocenters. The van der Waals surface area contributed by atoms with Crippen molar-refractivity contribution >= 4 is 32.7 Å². The van der Waals surface area contributed by atoms with E-state index in [2.05, 4.69) is 37.9 Å². The van der Waals surface area contributed by atoms with Gasteiger partial charge < -0.3 is 9.88 Å². The largest absolute Gasteiger partial charge is 0.352 e. The van der Waals surface area contributed by atoms with E-state index in [9.17, 15) is 4.79 Å². The van der Waals surface area contributed by atoms with Gasteiger partial charge in [0.05, 0.1) is 6.42 Å². The Morgan fingerprint density at radius 3 is 2.64 bits per heavy atom. The van der Waals surface area contributed by atoms with Crippen LogP contribution >= 0.6 is 15.9 Å². The standard InChI is InChI=1S/C18H17BrN2O/c1-21-12-14(15-7-3-5-9-17(15)21)10-18(22)20-11-13-6-2-4-8-16(13)19/h2-9,12H,10-11H2,1H3,(H,20,22). The Morgan fingerprint density at radius 1 is 1.09 bits per heavy atom. The van der Waals surface area contributed by atoms with E-state index in [0.717, 1.165) is 26.5 Å². The van der Waals surface area contributed by atoms with Crippen molar-refractivity contribution in [1.29, 1.82) is 0 Å². The molecule has 112 valence electrons. The maximum absolute atomic E-state index is 12.2. The number of rotatable bonds is 4. The fraction of sp³-hybridized carbons (Fsp3) is 0.167. The topological polar surface area (TPSA) is 34.0 Å². The maximum Gasteiger partial charge on any atom is 0.224 e. The van der Waals surface area contributed by atoms with Gasteiger partial charge in [-0.05, 0) is 23.3 Å². The van der Waals surface area contributed by atoms with Crippen molar-refractivity contribution < 1.29 is 4.79 Å². The number of nitrogens with zero attached hydrogens (tertiary/aromatic N) is 1. The van der Waals surface area contributed by atoms with Crippen molar-refractivity contribution in [2.24, 2.45) is 7.05 Å². The van der Waals surface area contributed by atoms with Crippen LogP contribution in [-0.4, -0.2) is 10.5 Å². The van der Waals surface area contributed by atoms with Crippen LogP contribution in [0.4, 0.5) is 0 Å². The first-order valence-electron chi connectivity index (χ1n) is 7.18. The second-order valence-corrected chi connectivity index (χ2v) is 6.18. The predicted octanol–water partition coefficient (Wildman–Crippen LogP) is 3.80. The number of aromatic nitrogens is 1. The van der Waals surface area contributed by atoms with Gasteiger partial charge in [-0.25, -0.2) is 0 Å². The Balaban J connectivity index is 1.70. The van der Waals surface area contributed by atoms with E-state index in [4.69, 9.17) is 0 Å². The van der Waals surface area contributed by atoms with Gasteiger partial charge in [-0.2, -0.15) is 0 Å². The summed E-state index contributed by atoms with van der Waals surface area (Å²) in [6, 6.07) is 16.1. The normalized spacial score (nSPS) is 10.8. The van der Waals surface area contributed by atoms with Crippen LogP contribution in [0.5, 0.6) is 0 Å². The molecule has 0 bridgehead atoms. The molecular formula is C18H17BrN2O. The van der Waals surface area contributed by atoms with Gasteiger partial charge in [-0.1, -0.05) is 52.3 Å². The molecule has 1 aromatic heterocycles. The molecular weight excluding hydrogens is 340 g/mol. The third-order valence-corrected chi connectivity index (χ3v) is 4.54. The minimum atomic E-state index is 0.0344. The average molecular weight is 357 g/mol. The van der Waals surface area contributed by atoms with Crippen molar-refractivity contribution in [3.05, 3.63) is 70.3 Å². The quantitative estimate of drug-likeness (QED) is 0.757. The lowest BCUT2D eigenvalue weighted by molar-refractivity contribution is -0.120. The number of nitrogens with one attached hydrogen (secondary N) is 1. The first kappa shape index (κ1) is 14.9. The van der Waals surface area contributed by atoms with Crippen LogP contribution in [-0.2, 0) is 24.8 Å². The molecule has 0 saturated carbocycles. The number of hydrogen-bond donors (Lipinski definition) is 1. The van der Waals surface area contributed by atoms with E-state index in [1.807, 2.05) is 49.6 Å². The number of amides is 1. The highest BCUT2D eigenvalue weighted by atomic mass is 79.9. The fourth-order valence-corrected chi connectivity index (χ4v) is 3.06. The van der Waals surface area contributed by atoms with Crippen LogP contribution < -0.4 is 5.32 Å². The molecule has 0 aliphatic rings. The van der Waals surface area contributed by atoms with Crippen LogP contribution in [0.15, 0.2) is 59.2 Å².